The zero-order valence-electron chi connectivity index (χ0n) is 21.0. The van der Waals surface area contributed by atoms with Crippen LogP contribution in [-0.2, 0) is 22.4 Å². The minimum atomic E-state index is -0.871. The first kappa shape index (κ1) is 25.2. The van der Waals surface area contributed by atoms with Crippen molar-refractivity contribution in [3.05, 3.63) is 59.7 Å². The molecule has 1 aliphatic carbocycles. The molecule has 2 aromatic carbocycles. The van der Waals surface area contributed by atoms with Crippen LogP contribution in [0, 0.1) is 11.8 Å². The molecule has 4 rings (SSSR count). The van der Waals surface area contributed by atoms with E-state index in [4.69, 9.17) is 0 Å². The molecule has 0 aromatic heterocycles. The summed E-state index contributed by atoms with van der Waals surface area (Å²) in [6, 6.07) is 15.0. The molecule has 0 bridgehead atoms. The molecule has 35 heavy (non-hydrogen) atoms. The molecule has 1 unspecified atom stereocenters. The van der Waals surface area contributed by atoms with Crippen molar-refractivity contribution in [3.8, 4) is 0 Å². The van der Waals surface area contributed by atoms with Gasteiger partial charge in [0.15, 0.2) is 0 Å². The number of nitrogens with one attached hydrogen (secondary N) is 2. The Morgan fingerprint density at radius 1 is 1.09 bits per heavy atom. The maximum Gasteiger partial charge on any atom is 0.320 e. The summed E-state index contributed by atoms with van der Waals surface area (Å²) in [7, 11) is 4.03. The predicted octanol–water partition coefficient (Wildman–Crippen LogP) is 4.88. The summed E-state index contributed by atoms with van der Waals surface area (Å²) in [5, 5.41) is 16.4. The number of anilines is 2. The molecule has 2 aromatic rings. The van der Waals surface area contributed by atoms with Crippen LogP contribution in [0.1, 0.15) is 56.1 Å². The zero-order valence-corrected chi connectivity index (χ0v) is 21.0. The van der Waals surface area contributed by atoms with Crippen LogP contribution in [-0.4, -0.2) is 43.2 Å². The number of carboxylic acids is 1. The van der Waals surface area contributed by atoms with Gasteiger partial charge in [-0.1, -0.05) is 62.4 Å². The van der Waals surface area contributed by atoms with Gasteiger partial charge in [0.05, 0.1) is 6.04 Å². The lowest BCUT2D eigenvalue weighted by Gasteiger charge is -2.29. The third kappa shape index (κ3) is 6.63. The first-order valence-corrected chi connectivity index (χ1v) is 13.0. The van der Waals surface area contributed by atoms with Gasteiger partial charge >= 0.3 is 5.97 Å². The lowest BCUT2D eigenvalue weighted by molar-refractivity contribution is -0.140. The fourth-order valence-electron chi connectivity index (χ4n) is 5.65. The topological polar surface area (TPSA) is 81.7 Å². The number of para-hydroxylation sites is 1. The van der Waals surface area contributed by atoms with E-state index in [0.717, 1.165) is 28.9 Å². The average molecular weight is 478 g/mol. The summed E-state index contributed by atoms with van der Waals surface area (Å²) in [5.41, 5.74) is 4.19. The number of hydrogen-bond acceptors (Lipinski definition) is 4. The number of hydrogen-bond donors (Lipinski definition) is 3. The number of carbonyl (C=O) groups is 2. The van der Waals surface area contributed by atoms with Gasteiger partial charge < -0.3 is 15.3 Å². The first-order chi connectivity index (χ1) is 16.9. The van der Waals surface area contributed by atoms with Gasteiger partial charge in [0.25, 0.3) is 0 Å². The SMILES string of the molecule is CN(C)c1ccc(CC2Cc3ccccc3NC(=O)[C@@H]2N[C@@H](CCC2CCCCC2)C(=O)O)cc1. The van der Waals surface area contributed by atoms with Crippen LogP contribution in [0.15, 0.2) is 48.5 Å². The number of aliphatic carboxylic acids is 1. The predicted molar refractivity (Wildman–Crippen MR) is 141 cm³/mol. The van der Waals surface area contributed by atoms with Gasteiger partial charge in [0.2, 0.25) is 5.91 Å². The third-order valence-corrected chi connectivity index (χ3v) is 7.73. The Balaban J connectivity index is 1.54. The number of carbonyl (C=O) groups excluding carboxylic acids is 1. The van der Waals surface area contributed by atoms with E-state index >= 15 is 0 Å². The van der Waals surface area contributed by atoms with E-state index in [2.05, 4.69) is 45.9 Å². The third-order valence-electron chi connectivity index (χ3n) is 7.73. The minimum Gasteiger partial charge on any atom is -0.480 e. The minimum absolute atomic E-state index is 0.0552. The molecule has 1 aliphatic heterocycles. The lowest BCUT2D eigenvalue weighted by atomic mass is 9.84. The van der Waals surface area contributed by atoms with Gasteiger partial charge in [-0.05, 0) is 66.8 Å². The van der Waals surface area contributed by atoms with Crippen molar-refractivity contribution in [2.45, 2.75) is 69.9 Å². The highest BCUT2D eigenvalue weighted by molar-refractivity contribution is 5.97. The van der Waals surface area contributed by atoms with Crippen LogP contribution < -0.4 is 15.5 Å². The second-order valence-electron chi connectivity index (χ2n) is 10.5. The van der Waals surface area contributed by atoms with Crippen LogP contribution in [0.4, 0.5) is 11.4 Å². The van der Waals surface area contributed by atoms with Gasteiger partial charge in [-0.3, -0.25) is 14.9 Å². The van der Waals surface area contributed by atoms with Gasteiger partial charge in [-0.2, -0.15) is 0 Å². The highest BCUT2D eigenvalue weighted by Gasteiger charge is 2.35. The number of rotatable bonds is 9. The number of nitrogens with zero attached hydrogens (tertiary/aromatic N) is 1. The average Bonchev–Trinajstić information content (AvgIpc) is 2.98. The van der Waals surface area contributed by atoms with Crippen LogP contribution in [0.3, 0.4) is 0 Å². The molecule has 0 saturated heterocycles. The number of fused-ring (bicyclic) bond motifs is 1. The van der Waals surface area contributed by atoms with E-state index in [9.17, 15) is 14.7 Å². The van der Waals surface area contributed by atoms with Crippen LogP contribution in [0.5, 0.6) is 0 Å². The molecule has 1 amide bonds. The zero-order chi connectivity index (χ0) is 24.8. The Kier molecular flexibility index (Phi) is 8.45. The largest absolute Gasteiger partial charge is 0.480 e. The Hall–Kier alpha value is -2.86. The molecule has 0 radical (unpaired) electrons. The Morgan fingerprint density at radius 3 is 2.49 bits per heavy atom. The molecule has 188 valence electrons. The Bertz CT molecular complexity index is 998. The second kappa shape index (κ2) is 11.7. The normalized spacial score (nSPS) is 21.5. The summed E-state index contributed by atoms with van der Waals surface area (Å²) < 4.78 is 0. The van der Waals surface area contributed by atoms with Crippen LogP contribution in [0.25, 0.3) is 0 Å². The van der Waals surface area contributed by atoms with E-state index in [1.165, 1.54) is 32.1 Å². The van der Waals surface area contributed by atoms with Crippen molar-refractivity contribution in [1.29, 1.82) is 0 Å². The summed E-state index contributed by atoms with van der Waals surface area (Å²) >= 11 is 0. The Labute approximate surface area is 209 Å². The summed E-state index contributed by atoms with van der Waals surface area (Å²) in [4.78, 5) is 27.7. The Morgan fingerprint density at radius 2 is 1.80 bits per heavy atom. The molecule has 1 fully saturated rings. The summed E-state index contributed by atoms with van der Waals surface area (Å²) in [6.07, 6.45) is 9.02. The molecule has 6 nitrogen and oxygen atoms in total. The van der Waals surface area contributed by atoms with Gasteiger partial charge in [-0.15, -0.1) is 0 Å². The highest BCUT2D eigenvalue weighted by atomic mass is 16.4. The fraction of sp³-hybridized carbons (Fsp3) is 0.517. The molecule has 0 spiro atoms. The number of benzene rings is 2. The van der Waals surface area contributed by atoms with E-state index in [1.54, 1.807) is 0 Å². The van der Waals surface area contributed by atoms with E-state index in [0.29, 0.717) is 25.2 Å². The maximum absolute atomic E-state index is 13.4. The van der Waals surface area contributed by atoms with Crippen LogP contribution >= 0.6 is 0 Å². The molecule has 1 saturated carbocycles. The smallest absolute Gasteiger partial charge is 0.320 e. The van der Waals surface area contributed by atoms with E-state index < -0.39 is 18.1 Å². The highest BCUT2D eigenvalue weighted by Crippen LogP contribution is 2.30. The van der Waals surface area contributed by atoms with Gasteiger partial charge in [0.1, 0.15) is 6.04 Å². The standard InChI is InChI=1S/C29H39N3O3/c1-32(2)24-15-12-21(13-16-24)18-23-19-22-10-6-7-11-25(22)31-28(33)27(23)30-26(29(34)35)17-14-20-8-4-3-5-9-20/h6-7,10-13,15-16,20,23,26-27,30H,3-5,8-9,14,17-19H2,1-2H3,(H,31,33)(H,34,35)/t23?,26-,27+/m0/s1. The van der Waals surface area contributed by atoms with E-state index in [1.807, 2.05) is 32.3 Å². The molecule has 3 N–H and O–H groups in total. The number of amides is 1. The molecule has 2 aliphatic rings. The molecular weight excluding hydrogens is 438 g/mol. The van der Waals surface area contributed by atoms with Crippen molar-refractivity contribution in [2.24, 2.45) is 11.8 Å². The lowest BCUT2D eigenvalue weighted by Crippen LogP contribution is -2.52. The van der Waals surface area contributed by atoms with Crippen LogP contribution in [0.2, 0.25) is 0 Å². The van der Waals surface area contributed by atoms with Crippen molar-refractivity contribution < 1.29 is 14.7 Å². The maximum atomic E-state index is 13.4. The molecule has 1 heterocycles. The monoisotopic (exact) mass is 477 g/mol. The summed E-state index contributed by atoms with van der Waals surface area (Å²) in [6.45, 7) is 0. The molecular formula is C29H39N3O3. The van der Waals surface area contributed by atoms with Crippen molar-refractivity contribution >= 4 is 23.3 Å². The van der Waals surface area contributed by atoms with Gasteiger partial charge in [-0.25, -0.2) is 0 Å². The summed E-state index contributed by atoms with van der Waals surface area (Å²) in [5.74, 6) is -0.468. The second-order valence-corrected chi connectivity index (χ2v) is 10.5. The molecule has 6 heteroatoms. The van der Waals surface area contributed by atoms with Crippen molar-refractivity contribution in [1.82, 2.24) is 5.32 Å². The number of carboxylic acid groups (broad SMARTS) is 1. The van der Waals surface area contributed by atoms with E-state index in [-0.39, 0.29) is 11.8 Å². The fourth-order valence-corrected chi connectivity index (χ4v) is 5.65. The van der Waals surface area contributed by atoms with Crippen molar-refractivity contribution in [2.75, 3.05) is 24.3 Å². The van der Waals surface area contributed by atoms with Gasteiger partial charge in [0, 0.05) is 25.5 Å². The first-order valence-electron chi connectivity index (χ1n) is 13.0. The quantitative estimate of drug-likeness (QED) is 0.480. The molecule has 3 atom stereocenters. The van der Waals surface area contributed by atoms with Crippen molar-refractivity contribution in [3.63, 3.8) is 0 Å².